The summed E-state index contributed by atoms with van der Waals surface area (Å²) in [5.74, 6) is 0.781. The largest absolute Gasteiger partial charge is 0.490 e. The Morgan fingerprint density at radius 1 is 1.35 bits per heavy atom. The molecule has 0 saturated carbocycles. The summed E-state index contributed by atoms with van der Waals surface area (Å²) in [5, 5.41) is 0. The van der Waals surface area contributed by atoms with E-state index < -0.39 is 0 Å². The summed E-state index contributed by atoms with van der Waals surface area (Å²) < 4.78 is 7.59. The first kappa shape index (κ1) is 12.9. The van der Waals surface area contributed by atoms with Crippen molar-refractivity contribution < 1.29 is 9.53 Å². The van der Waals surface area contributed by atoms with E-state index >= 15 is 0 Å². The summed E-state index contributed by atoms with van der Waals surface area (Å²) in [6, 6.07) is 5.56. The number of carbonyl (C=O) groups is 1. The van der Waals surface area contributed by atoms with Crippen LogP contribution in [0.3, 0.4) is 0 Å². The van der Waals surface area contributed by atoms with E-state index in [-0.39, 0.29) is 17.2 Å². The molecular formula is C16H18N2O2. The smallest absolute Gasteiger partial charge is 0.192 e. The van der Waals surface area contributed by atoms with Crippen molar-refractivity contribution >= 4 is 5.78 Å². The Kier molecular flexibility index (Phi) is 2.89. The Balaban J connectivity index is 1.97. The van der Waals surface area contributed by atoms with Crippen LogP contribution in [-0.2, 0) is 5.41 Å². The van der Waals surface area contributed by atoms with E-state index in [4.69, 9.17) is 4.74 Å². The lowest BCUT2D eigenvalue weighted by Gasteiger charge is -2.27. The Bertz CT molecular complexity index is 639. The van der Waals surface area contributed by atoms with Gasteiger partial charge in [0.05, 0.1) is 11.9 Å². The van der Waals surface area contributed by atoms with Crippen molar-refractivity contribution in [2.45, 2.75) is 32.2 Å². The highest BCUT2D eigenvalue weighted by Gasteiger charge is 2.30. The van der Waals surface area contributed by atoms with Crippen LogP contribution in [0, 0.1) is 0 Å². The van der Waals surface area contributed by atoms with Crippen molar-refractivity contribution in [2.75, 3.05) is 6.61 Å². The van der Waals surface area contributed by atoms with Gasteiger partial charge in [0.2, 0.25) is 0 Å². The quantitative estimate of drug-likeness (QED) is 0.800. The minimum atomic E-state index is -0.314. The number of hydrogen-bond donors (Lipinski definition) is 0. The van der Waals surface area contributed by atoms with E-state index in [1.807, 2.05) is 18.2 Å². The number of ketones is 1. The van der Waals surface area contributed by atoms with Crippen molar-refractivity contribution in [3.63, 3.8) is 0 Å². The molecule has 1 unspecified atom stereocenters. The van der Waals surface area contributed by atoms with E-state index in [1.165, 1.54) is 5.56 Å². The van der Waals surface area contributed by atoms with Gasteiger partial charge in [-0.1, -0.05) is 26.8 Å². The lowest BCUT2D eigenvalue weighted by molar-refractivity contribution is 0.0840. The average molecular weight is 270 g/mol. The monoisotopic (exact) mass is 270 g/mol. The first-order valence-corrected chi connectivity index (χ1v) is 6.76. The Labute approximate surface area is 118 Å². The highest BCUT2D eigenvalue weighted by molar-refractivity contribution is 6.02. The number of fused-ring (bicyclic) bond motifs is 1. The molecule has 0 bridgehead atoms. The summed E-state index contributed by atoms with van der Waals surface area (Å²) >= 11 is 0. The molecule has 1 aliphatic heterocycles. The number of aromatic nitrogens is 2. The van der Waals surface area contributed by atoms with Gasteiger partial charge in [-0.2, -0.15) is 0 Å². The number of ether oxygens (including phenoxy) is 1. The van der Waals surface area contributed by atoms with Crippen molar-refractivity contribution in [1.82, 2.24) is 9.55 Å². The van der Waals surface area contributed by atoms with Gasteiger partial charge in [-0.05, 0) is 23.1 Å². The highest BCUT2D eigenvalue weighted by Crippen LogP contribution is 2.33. The van der Waals surface area contributed by atoms with E-state index in [1.54, 1.807) is 23.3 Å². The molecule has 0 fully saturated rings. The van der Waals surface area contributed by atoms with Gasteiger partial charge in [0.25, 0.3) is 0 Å². The van der Waals surface area contributed by atoms with Crippen LogP contribution >= 0.6 is 0 Å². The third-order valence-electron chi connectivity index (χ3n) is 3.70. The van der Waals surface area contributed by atoms with Crippen LogP contribution in [0.25, 0.3) is 0 Å². The Hall–Kier alpha value is -2.10. The van der Waals surface area contributed by atoms with E-state index in [0.29, 0.717) is 17.9 Å². The number of nitrogens with zero attached hydrogens (tertiary/aromatic N) is 2. The number of Topliss-reactive ketones (excluding diaryl/α,β-unsaturated/α-hetero) is 1. The van der Waals surface area contributed by atoms with E-state index in [9.17, 15) is 4.79 Å². The molecule has 0 radical (unpaired) electrons. The van der Waals surface area contributed by atoms with Gasteiger partial charge in [-0.25, -0.2) is 4.98 Å². The van der Waals surface area contributed by atoms with E-state index in [0.717, 1.165) is 0 Å². The fourth-order valence-electron chi connectivity index (χ4n) is 2.41. The van der Waals surface area contributed by atoms with Crippen LogP contribution in [0.15, 0.2) is 36.9 Å². The topological polar surface area (TPSA) is 44.1 Å². The minimum absolute atomic E-state index is 0.0443. The average Bonchev–Trinajstić information content (AvgIpc) is 2.91. The standard InChI is InChI=1S/C16H18N2O2/c1-16(2,3)11-4-5-12-14(8-11)20-9-13(15(12)19)18-7-6-17-10-18/h4-8,10,13H,9H2,1-3H3. The summed E-state index contributed by atoms with van der Waals surface area (Å²) in [6.45, 7) is 6.80. The van der Waals surface area contributed by atoms with Gasteiger partial charge in [-0.15, -0.1) is 0 Å². The summed E-state index contributed by atoms with van der Waals surface area (Å²) in [5.41, 5.74) is 1.87. The maximum Gasteiger partial charge on any atom is 0.192 e. The third kappa shape index (κ3) is 2.11. The Morgan fingerprint density at radius 2 is 2.15 bits per heavy atom. The number of rotatable bonds is 1. The molecule has 4 nitrogen and oxygen atoms in total. The first-order chi connectivity index (χ1) is 9.47. The molecule has 0 saturated heterocycles. The van der Waals surface area contributed by atoms with Crippen LogP contribution < -0.4 is 4.74 Å². The molecule has 0 N–H and O–H groups in total. The third-order valence-corrected chi connectivity index (χ3v) is 3.70. The predicted molar refractivity (Wildman–Crippen MR) is 76.2 cm³/mol. The second kappa shape index (κ2) is 4.47. The maximum atomic E-state index is 12.5. The summed E-state index contributed by atoms with van der Waals surface area (Å²) in [4.78, 5) is 16.5. The molecule has 1 aromatic carbocycles. The summed E-state index contributed by atoms with van der Waals surface area (Å²) in [7, 11) is 0. The molecule has 2 heterocycles. The summed E-state index contributed by atoms with van der Waals surface area (Å²) in [6.07, 6.45) is 5.12. The Morgan fingerprint density at radius 3 is 2.80 bits per heavy atom. The molecule has 1 atom stereocenters. The van der Waals surface area contributed by atoms with Crippen molar-refractivity contribution in [2.24, 2.45) is 0 Å². The van der Waals surface area contributed by atoms with Gasteiger partial charge in [-0.3, -0.25) is 4.79 Å². The lowest BCUT2D eigenvalue weighted by atomic mass is 9.85. The second-order valence-electron chi connectivity index (χ2n) is 6.16. The second-order valence-corrected chi connectivity index (χ2v) is 6.16. The molecule has 20 heavy (non-hydrogen) atoms. The molecule has 3 rings (SSSR count). The van der Waals surface area contributed by atoms with Crippen LogP contribution in [0.1, 0.15) is 42.7 Å². The van der Waals surface area contributed by atoms with Gasteiger partial charge < -0.3 is 9.30 Å². The fourth-order valence-corrected chi connectivity index (χ4v) is 2.41. The zero-order chi connectivity index (χ0) is 14.3. The molecule has 0 spiro atoms. The maximum absolute atomic E-state index is 12.5. The van der Waals surface area contributed by atoms with Gasteiger partial charge >= 0.3 is 0 Å². The fraction of sp³-hybridized carbons (Fsp3) is 0.375. The molecule has 0 aliphatic carbocycles. The predicted octanol–water partition coefficient (Wildman–Crippen LogP) is 3.00. The van der Waals surface area contributed by atoms with Crippen LogP contribution in [0.5, 0.6) is 5.75 Å². The van der Waals surface area contributed by atoms with Crippen LogP contribution in [-0.4, -0.2) is 21.9 Å². The zero-order valence-corrected chi connectivity index (χ0v) is 12.0. The van der Waals surface area contributed by atoms with Gasteiger partial charge in [0.1, 0.15) is 18.4 Å². The number of hydrogen-bond acceptors (Lipinski definition) is 3. The van der Waals surface area contributed by atoms with Crippen LogP contribution in [0.2, 0.25) is 0 Å². The minimum Gasteiger partial charge on any atom is -0.490 e. The molecule has 0 amide bonds. The molecule has 1 aromatic heterocycles. The molecule has 4 heteroatoms. The SMILES string of the molecule is CC(C)(C)c1ccc2c(c1)OCC(n1ccnc1)C2=O. The van der Waals surface area contributed by atoms with Gasteiger partial charge in [0.15, 0.2) is 5.78 Å². The molecular weight excluding hydrogens is 252 g/mol. The van der Waals surface area contributed by atoms with Crippen molar-refractivity contribution in [3.05, 3.63) is 48.0 Å². The number of imidazole rings is 1. The van der Waals surface area contributed by atoms with Crippen LogP contribution in [0.4, 0.5) is 0 Å². The lowest BCUT2D eigenvalue weighted by Crippen LogP contribution is -2.30. The molecule has 104 valence electrons. The molecule has 2 aromatic rings. The zero-order valence-electron chi connectivity index (χ0n) is 12.0. The van der Waals surface area contributed by atoms with E-state index in [2.05, 4.69) is 25.8 Å². The van der Waals surface area contributed by atoms with Crippen molar-refractivity contribution in [1.29, 1.82) is 0 Å². The highest BCUT2D eigenvalue weighted by atomic mass is 16.5. The first-order valence-electron chi connectivity index (χ1n) is 6.76. The van der Waals surface area contributed by atoms with Crippen molar-refractivity contribution in [3.8, 4) is 5.75 Å². The normalized spacial score (nSPS) is 18.6. The number of benzene rings is 1. The molecule has 1 aliphatic rings. The van der Waals surface area contributed by atoms with Gasteiger partial charge in [0, 0.05) is 12.4 Å². The number of carbonyl (C=O) groups excluding carboxylic acids is 1.